The molecule has 1 saturated heterocycles. The fourth-order valence-electron chi connectivity index (χ4n) is 3.49. The van der Waals surface area contributed by atoms with Crippen LogP contribution in [-0.2, 0) is 4.84 Å². The zero-order chi connectivity index (χ0) is 19.6. The van der Waals surface area contributed by atoms with E-state index in [-0.39, 0.29) is 0 Å². The molecule has 0 amide bonds. The number of hydrogen-bond donors (Lipinski definition) is 0. The van der Waals surface area contributed by atoms with Crippen molar-refractivity contribution in [2.75, 3.05) is 50.8 Å². The molecule has 3 rings (SSSR count). The Morgan fingerprint density at radius 3 is 2.32 bits per heavy atom. The van der Waals surface area contributed by atoms with Gasteiger partial charge in [-0.05, 0) is 31.5 Å². The number of benzene rings is 2. The lowest BCUT2D eigenvalue weighted by Crippen LogP contribution is -2.47. The Labute approximate surface area is 168 Å². The number of hydrogen-bond acceptors (Lipinski definition) is 5. The Kier molecular flexibility index (Phi) is 7.73. The van der Waals surface area contributed by atoms with Crippen LogP contribution in [0.4, 0.5) is 5.69 Å². The molecule has 5 heteroatoms. The van der Waals surface area contributed by atoms with Crippen molar-refractivity contribution in [3.63, 3.8) is 0 Å². The minimum absolute atomic E-state index is 0.592. The van der Waals surface area contributed by atoms with Crippen LogP contribution in [0.2, 0.25) is 0 Å². The molecule has 1 heterocycles. The molecule has 150 valence electrons. The molecule has 0 atom stereocenters. The van der Waals surface area contributed by atoms with Crippen molar-refractivity contribution in [3.05, 3.63) is 60.2 Å². The highest BCUT2D eigenvalue weighted by Crippen LogP contribution is 2.28. The molecule has 0 aliphatic carbocycles. The maximum absolute atomic E-state index is 5.80. The predicted molar refractivity (Wildman–Crippen MR) is 115 cm³/mol. The lowest BCUT2D eigenvalue weighted by molar-refractivity contribution is 0.157. The van der Waals surface area contributed by atoms with Crippen molar-refractivity contribution < 1.29 is 9.57 Å². The number of oxime groups is 1. The smallest absolute Gasteiger partial charge is 0.142 e. The van der Waals surface area contributed by atoms with Gasteiger partial charge >= 0.3 is 0 Å². The highest BCUT2D eigenvalue weighted by Gasteiger charge is 2.20. The van der Waals surface area contributed by atoms with Gasteiger partial charge < -0.3 is 14.5 Å². The maximum Gasteiger partial charge on any atom is 0.142 e. The van der Waals surface area contributed by atoms with E-state index in [1.807, 2.05) is 38.1 Å². The number of nitrogens with zero attached hydrogens (tertiary/aromatic N) is 3. The molecular weight excluding hydrogens is 350 g/mol. The topological polar surface area (TPSA) is 37.3 Å². The molecule has 0 unspecified atom stereocenters. The number of rotatable bonds is 9. The molecule has 2 aromatic rings. The first kappa shape index (κ1) is 20.2. The van der Waals surface area contributed by atoms with Crippen molar-refractivity contribution in [2.24, 2.45) is 5.16 Å². The maximum atomic E-state index is 5.80. The fraction of sp³-hybridized carbons (Fsp3) is 0.435. The summed E-state index contributed by atoms with van der Waals surface area (Å²) in [7, 11) is 0. The molecule has 28 heavy (non-hydrogen) atoms. The van der Waals surface area contributed by atoms with Crippen molar-refractivity contribution in [2.45, 2.75) is 20.3 Å². The van der Waals surface area contributed by atoms with E-state index in [1.165, 1.54) is 5.69 Å². The van der Waals surface area contributed by atoms with Gasteiger partial charge in [-0.2, -0.15) is 0 Å². The summed E-state index contributed by atoms with van der Waals surface area (Å²) in [5, 5.41) is 4.35. The summed E-state index contributed by atoms with van der Waals surface area (Å²) in [6, 6.07) is 18.7. The molecule has 0 bridgehead atoms. The van der Waals surface area contributed by atoms with Gasteiger partial charge in [0.2, 0.25) is 0 Å². The third-order valence-corrected chi connectivity index (χ3v) is 4.95. The minimum atomic E-state index is 0.592. The highest BCUT2D eigenvalue weighted by atomic mass is 16.6. The molecule has 1 aliphatic rings. The van der Waals surface area contributed by atoms with Crippen LogP contribution in [0.5, 0.6) is 5.75 Å². The van der Waals surface area contributed by atoms with Gasteiger partial charge in [0.15, 0.2) is 0 Å². The monoisotopic (exact) mass is 381 g/mol. The zero-order valence-electron chi connectivity index (χ0n) is 17.0. The van der Waals surface area contributed by atoms with Crippen molar-refractivity contribution in [3.8, 4) is 5.75 Å². The lowest BCUT2D eigenvalue weighted by Gasteiger charge is -2.36. The van der Waals surface area contributed by atoms with Crippen molar-refractivity contribution in [1.29, 1.82) is 0 Å². The van der Waals surface area contributed by atoms with E-state index in [0.717, 1.165) is 56.2 Å². The van der Waals surface area contributed by atoms with Crippen LogP contribution >= 0.6 is 0 Å². The van der Waals surface area contributed by atoms with Gasteiger partial charge in [-0.15, -0.1) is 0 Å². The molecule has 1 fully saturated rings. The largest absolute Gasteiger partial charge is 0.492 e. The second-order valence-electron chi connectivity index (χ2n) is 6.80. The normalized spacial score (nSPS) is 15.5. The lowest BCUT2D eigenvalue weighted by atomic mass is 10.1. The summed E-state index contributed by atoms with van der Waals surface area (Å²) in [6.45, 7) is 10.4. The van der Waals surface area contributed by atoms with E-state index in [9.17, 15) is 0 Å². The van der Waals surface area contributed by atoms with Gasteiger partial charge in [-0.3, -0.25) is 4.90 Å². The molecular formula is C23H31N3O2. The van der Waals surface area contributed by atoms with Crippen LogP contribution in [0.3, 0.4) is 0 Å². The Balaban J connectivity index is 1.55. The molecule has 0 radical (unpaired) electrons. The van der Waals surface area contributed by atoms with E-state index in [0.29, 0.717) is 13.2 Å². The van der Waals surface area contributed by atoms with Gasteiger partial charge in [0.05, 0.1) is 18.0 Å². The second kappa shape index (κ2) is 10.7. The molecule has 5 nitrogen and oxygen atoms in total. The van der Waals surface area contributed by atoms with Crippen LogP contribution in [0.25, 0.3) is 0 Å². The molecule has 0 N–H and O–H groups in total. The minimum Gasteiger partial charge on any atom is -0.492 e. The molecule has 2 aromatic carbocycles. The quantitative estimate of drug-likeness (QED) is 0.485. The molecule has 0 aromatic heterocycles. The van der Waals surface area contributed by atoms with Gasteiger partial charge in [0.25, 0.3) is 0 Å². The second-order valence-corrected chi connectivity index (χ2v) is 6.80. The van der Waals surface area contributed by atoms with E-state index in [4.69, 9.17) is 9.57 Å². The fourth-order valence-corrected chi connectivity index (χ4v) is 3.49. The standard InChI is InChI=1S/C23H31N3O2/c1-3-27-23-13-9-8-12-22(23)26-18-16-25(17-19-26)15-14-21(24-28-4-2)20-10-6-5-7-11-20/h5-13H,3-4,14-19H2,1-2H3/b24-21+. The average molecular weight is 382 g/mol. The molecule has 1 aliphatic heterocycles. The number of ether oxygens (including phenoxy) is 1. The van der Waals surface area contributed by atoms with E-state index < -0.39 is 0 Å². The van der Waals surface area contributed by atoms with Crippen LogP contribution in [0.15, 0.2) is 59.8 Å². The Morgan fingerprint density at radius 2 is 1.61 bits per heavy atom. The van der Waals surface area contributed by atoms with Gasteiger partial charge in [-0.25, -0.2) is 0 Å². The third-order valence-electron chi connectivity index (χ3n) is 4.95. The van der Waals surface area contributed by atoms with Gasteiger partial charge in [0.1, 0.15) is 12.4 Å². The van der Waals surface area contributed by atoms with Crippen molar-refractivity contribution >= 4 is 11.4 Å². The molecule has 0 saturated carbocycles. The number of anilines is 1. The van der Waals surface area contributed by atoms with Gasteiger partial charge in [0, 0.05) is 39.1 Å². The number of para-hydroxylation sites is 2. The van der Waals surface area contributed by atoms with E-state index >= 15 is 0 Å². The van der Waals surface area contributed by atoms with E-state index in [1.54, 1.807) is 0 Å². The summed E-state index contributed by atoms with van der Waals surface area (Å²) in [5.41, 5.74) is 3.36. The SMILES string of the molecule is CCO/N=C(\CCN1CCN(c2ccccc2OCC)CC1)c1ccccc1. The number of piperazine rings is 1. The summed E-state index contributed by atoms with van der Waals surface area (Å²) >= 11 is 0. The van der Waals surface area contributed by atoms with Gasteiger partial charge in [-0.1, -0.05) is 47.6 Å². The highest BCUT2D eigenvalue weighted by molar-refractivity contribution is 6.00. The summed E-state index contributed by atoms with van der Waals surface area (Å²) in [6.07, 6.45) is 0.888. The zero-order valence-corrected chi connectivity index (χ0v) is 17.0. The summed E-state index contributed by atoms with van der Waals surface area (Å²) in [5.74, 6) is 0.980. The van der Waals surface area contributed by atoms with Crippen LogP contribution in [0, 0.1) is 0 Å². The van der Waals surface area contributed by atoms with Crippen molar-refractivity contribution in [1.82, 2.24) is 4.90 Å². The first-order valence-corrected chi connectivity index (χ1v) is 10.2. The summed E-state index contributed by atoms with van der Waals surface area (Å²) < 4.78 is 5.80. The van der Waals surface area contributed by atoms with Crippen LogP contribution in [0.1, 0.15) is 25.8 Å². The average Bonchev–Trinajstić information content (AvgIpc) is 2.76. The van der Waals surface area contributed by atoms with Crippen LogP contribution in [-0.4, -0.2) is 56.5 Å². The Hall–Kier alpha value is -2.53. The molecule has 0 spiro atoms. The first-order chi connectivity index (χ1) is 13.8. The van der Waals surface area contributed by atoms with Crippen LogP contribution < -0.4 is 9.64 Å². The third kappa shape index (κ3) is 5.49. The summed E-state index contributed by atoms with van der Waals surface area (Å²) in [4.78, 5) is 10.3. The first-order valence-electron chi connectivity index (χ1n) is 10.2. The predicted octanol–water partition coefficient (Wildman–Crippen LogP) is 4.04. The Morgan fingerprint density at radius 1 is 0.893 bits per heavy atom. The van der Waals surface area contributed by atoms with E-state index in [2.05, 4.69) is 45.3 Å². The Bertz CT molecular complexity index is 741.